The van der Waals surface area contributed by atoms with Gasteiger partial charge in [-0.2, -0.15) is 5.26 Å². The van der Waals surface area contributed by atoms with Gasteiger partial charge < -0.3 is 5.32 Å². The van der Waals surface area contributed by atoms with Gasteiger partial charge in [0.2, 0.25) is 0 Å². The molecule has 2 aromatic heterocycles. The molecule has 1 N–H and O–H groups in total. The molecule has 0 saturated heterocycles. The van der Waals surface area contributed by atoms with Crippen LogP contribution in [0.25, 0.3) is 27.7 Å². The van der Waals surface area contributed by atoms with Crippen molar-refractivity contribution in [2.45, 2.75) is 13.8 Å². The minimum atomic E-state index is 0.494. The van der Waals surface area contributed by atoms with Crippen LogP contribution in [0, 0.1) is 25.2 Å². The zero-order chi connectivity index (χ0) is 19.5. The summed E-state index contributed by atoms with van der Waals surface area (Å²) in [5.74, 6) is 0. The molecule has 4 nitrogen and oxygen atoms in total. The monoisotopic (exact) mass is 382 g/mol. The highest BCUT2D eigenvalue weighted by Gasteiger charge is 2.09. The van der Waals surface area contributed by atoms with Crippen molar-refractivity contribution in [1.82, 2.24) is 9.97 Å². The maximum absolute atomic E-state index is 9.62. The molecule has 0 radical (unpaired) electrons. The number of anilines is 1. The Morgan fingerprint density at radius 2 is 1.86 bits per heavy atom. The molecule has 4 rings (SSSR count). The first-order chi connectivity index (χ1) is 13.6. The summed E-state index contributed by atoms with van der Waals surface area (Å²) in [5.41, 5.74) is 6.33. The number of fused-ring (bicyclic) bond motifs is 1. The second kappa shape index (κ2) is 7.63. The van der Waals surface area contributed by atoms with Crippen LogP contribution in [0.3, 0.4) is 0 Å². The van der Waals surface area contributed by atoms with Gasteiger partial charge in [0, 0.05) is 28.2 Å². The number of nitriles is 1. The van der Waals surface area contributed by atoms with Crippen molar-refractivity contribution >= 4 is 33.5 Å². The minimum absolute atomic E-state index is 0.494. The molecule has 0 aliphatic carbocycles. The van der Waals surface area contributed by atoms with E-state index in [0.717, 1.165) is 33.5 Å². The Hall–Kier alpha value is -3.49. The average Bonchev–Trinajstić information content (AvgIpc) is 3.19. The fraction of sp³-hybridized carbons (Fsp3) is 0.0870. The van der Waals surface area contributed by atoms with Gasteiger partial charge in [0.1, 0.15) is 16.6 Å². The lowest BCUT2D eigenvalue weighted by molar-refractivity contribution is 1.25. The van der Waals surface area contributed by atoms with Crippen LogP contribution in [0.5, 0.6) is 0 Å². The molecule has 28 heavy (non-hydrogen) atoms. The molecular weight excluding hydrogens is 364 g/mol. The second-order valence-corrected chi connectivity index (χ2v) is 7.41. The fourth-order valence-corrected chi connectivity index (χ4v) is 3.70. The van der Waals surface area contributed by atoms with Crippen LogP contribution < -0.4 is 5.32 Å². The number of hydrogen-bond acceptors (Lipinski definition) is 5. The van der Waals surface area contributed by atoms with Crippen LogP contribution in [-0.4, -0.2) is 9.97 Å². The predicted molar refractivity (Wildman–Crippen MR) is 116 cm³/mol. The third-order valence-electron chi connectivity index (χ3n) is 4.43. The summed E-state index contributed by atoms with van der Waals surface area (Å²) in [5, 5.41) is 16.6. The number of nitrogens with zero attached hydrogens (tertiary/aromatic N) is 3. The highest BCUT2D eigenvalue weighted by atomic mass is 32.1. The molecule has 0 unspecified atom stereocenters. The molecule has 0 spiro atoms. The number of aromatic nitrogens is 2. The van der Waals surface area contributed by atoms with Crippen molar-refractivity contribution < 1.29 is 0 Å². The summed E-state index contributed by atoms with van der Waals surface area (Å²) in [7, 11) is 0. The van der Waals surface area contributed by atoms with E-state index >= 15 is 0 Å². The van der Waals surface area contributed by atoms with E-state index in [4.69, 9.17) is 0 Å². The van der Waals surface area contributed by atoms with E-state index in [1.165, 1.54) is 16.9 Å². The van der Waals surface area contributed by atoms with Gasteiger partial charge in [-0.25, -0.2) is 4.98 Å². The normalized spacial score (nSPS) is 11.4. The summed E-state index contributed by atoms with van der Waals surface area (Å²) < 4.78 is 0. The zero-order valence-electron chi connectivity index (χ0n) is 15.6. The quantitative estimate of drug-likeness (QED) is 0.443. The first-order valence-electron chi connectivity index (χ1n) is 8.90. The smallest absolute Gasteiger partial charge is 0.136 e. The van der Waals surface area contributed by atoms with Crippen LogP contribution in [-0.2, 0) is 0 Å². The molecule has 2 heterocycles. The van der Waals surface area contributed by atoms with E-state index in [-0.39, 0.29) is 0 Å². The van der Waals surface area contributed by atoms with E-state index in [0.29, 0.717) is 10.6 Å². The van der Waals surface area contributed by atoms with Gasteiger partial charge in [-0.3, -0.25) is 4.98 Å². The van der Waals surface area contributed by atoms with Crippen molar-refractivity contribution in [2.75, 3.05) is 5.32 Å². The molecule has 0 saturated carbocycles. The van der Waals surface area contributed by atoms with Crippen LogP contribution in [0.15, 0.2) is 66.2 Å². The van der Waals surface area contributed by atoms with Gasteiger partial charge in [-0.1, -0.05) is 48.0 Å². The van der Waals surface area contributed by atoms with Gasteiger partial charge in [-0.15, -0.1) is 11.3 Å². The third kappa shape index (κ3) is 3.64. The minimum Gasteiger partial charge on any atom is -0.359 e. The standard InChI is InChI=1S/C23H18N4S/c1-15-6-9-17(10-7-15)21-14-28-23(27-21)19(12-24)13-25-20-5-3-4-18-11-8-16(2)26-22(18)20/h3-11,13-14,25H,1-2H3. The highest BCUT2D eigenvalue weighted by molar-refractivity contribution is 7.11. The number of aryl methyl sites for hydroxylation is 2. The first-order valence-corrected chi connectivity index (χ1v) is 9.78. The Kier molecular flexibility index (Phi) is 4.88. The van der Waals surface area contributed by atoms with E-state index in [1.807, 2.05) is 54.8 Å². The van der Waals surface area contributed by atoms with Crippen LogP contribution >= 0.6 is 11.3 Å². The molecule has 0 bridgehead atoms. The number of rotatable bonds is 4. The summed E-state index contributed by atoms with van der Waals surface area (Å²) >= 11 is 1.46. The van der Waals surface area contributed by atoms with Crippen molar-refractivity contribution in [3.63, 3.8) is 0 Å². The van der Waals surface area contributed by atoms with Gasteiger partial charge in [-0.05, 0) is 26.0 Å². The number of nitrogens with one attached hydrogen (secondary N) is 1. The molecular formula is C23H18N4S. The summed E-state index contributed by atoms with van der Waals surface area (Å²) in [6.07, 6.45) is 1.70. The average molecular weight is 382 g/mol. The van der Waals surface area contributed by atoms with E-state index in [2.05, 4.69) is 40.4 Å². The first kappa shape index (κ1) is 17.9. The number of hydrogen-bond donors (Lipinski definition) is 1. The lowest BCUT2D eigenvalue weighted by Gasteiger charge is -2.06. The maximum atomic E-state index is 9.62. The highest BCUT2D eigenvalue weighted by Crippen LogP contribution is 2.27. The SMILES string of the molecule is Cc1ccc(-c2csc(C(C#N)=CNc3cccc4ccc(C)nc34)n2)cc1. The number of para-hydroxylation sites is 1. The third-order valence-corrected chi connectivity index (χ3v) is 5.31. The summed E-state index contributed by atoms with van der Waals surface area (Å²) in [4.78, 5) is 9.26. The predicted octanol–water partition coefficient (Wildman–Crippen LogP) is 5.95. The van der Waals surface area contributed by atoms with Gasteiger partial charge in [0.25, 0.3) is 0 Å². The Bertz CT molecular complexity index is 1210. The molecule has 136 valence electrons. The van der Waals surface area contributed by atoms with Gasteiger partial charge in [0.15, 0.2) is 0 Å². The van der Waals surface area contributed by atoms with E-state index < -0.39 is 0 Å². The molecule has 0 fully saturated rings. The van der Waals surface area contributed by atoms with Crippen LogP contribution in [0.1, 0.15) is 16.3 Å². The Labute approximate surface area is 167 Å². The fourth-order valence-electron chi connectivity index (χ4n) is 2.91. The van der Waals surface area contributed by atoms with E-state index in [1.54, 1.807) is 6.20 Å². The topological polar surface area (TPSA) is 61.6 Å². The Morgan fingerprint density at radius 3 is 2.64 bits per heavy atom. The Balaban J connectivity index is 1.63. The molecule has 0 atom stereocenters. The van der Waals surface area contributed by atoms with Crippen LogP contribution in [0.2, 0.25) is 0 Å². The van der Waals surface area contributed by atoms with Crippen molar-refractivity contribution in [3.05, 3.63) is 82.4 Å². The second-order valence-electron chi connectivity index (χ2n) is 6.55. The largest absolute Gasteiger partial charge is 0.359 e. The van der Waals surface area contributed by atoms with E-state index in [9.17, 15) is 5.26 Å². The zero-order valence-corrected chi connectivity index (χ0v) is 16.4. The van der Waals surface area contributed by atoms with Gasteiger partial charge >= 0.3 is 0 Å². The van der Waals surface area contributed by atoms with Crippen molar-refractivity contribution in [1.29, 1.82) is 5.26 Å². The Morgan fingerprint density at radius 1 is 1.04 bits per heavy atom. The number of benzene rings is 2. The molecule has 0 amide bonds. The lowest BCUT2D eigenvalue weighted by Crippen LogP contribution is -1.94. The van der Waals surface area contributed by atoms with Crippen LogP contribution in [0.4, 0.5) is 5.69 Å². The molecule has 0 aliphatic heterocycles. The molecule has 5 heteroatoms. The molecule has 0 aliphatic rings. The molecule has 2 aromatic carbocycles. The number of allylic oxidation sites excluding steroid dienone is 1. The molecule has 4 aromatic rings. The maximum Gasteiger partial charge on any atom is 0.136 e. The lowest BCUT2D eigenvalue weighted by atomic mass is 10.1. The van der Waals surface area contributed by atoms with Crippen molar-refractivity contribution in [2.24, 2.45) is 0 Å². The number of thiazole rings is 1. The summed E-state index contributed by atoms with van der Waals surface area (Å²) in [6.45, 7) is 4.02. The van der Waals surface area contributed by atoms with Crippen molar-refractivity contribution in [3.8, 4) is 17.3 Å². The van der Waals surface area contributed by atoms with Gasteiger partial charge in [0.05, 0.1) is 16.9 Å². The number of pyridine rings is 1. The summed E-state index contributed by atoms with van der Waals surface area (Å²) in [6, 6.07) is 20.5.